The molecule has 0 bridgehead atoms. The molecule has 35 heavy (non-hydrogen) atoms. The topological polar surface area (TPSA) is 69.0 Å². The summed E-state index contributed by atoms with van der Waals surface area (Å²) in [6.07, 6.45) is -0.890. The summed E-state index contributed by atoms with van der Waals surface area (Å²) in [5.41, 5.74) is 3.29. The van der Waals surface area contributed by atoms with Gasteiger partial charge in [-0.2, -0.15) is 21.4 Å². The third-order valence-electron chi connectivity index (χ3n) is 5.44. The highest BCUT2D eigenvalue weighted by Crippen LogP contribution is 2.23. The Morgan fingerprint density at radius 3 is 2.54 bits per heavy atom. The number of benzene rings is 2. The van der Waals surface area contributed by atoms with Crippen molar-refractivity contribution in [1.82, 2.24) is 19.9 Å². The normalized spacial score (nSPS) is 12.5. The van der Waals surface area contributed by atoms with Crippen LogP contribution in [0.1, 0.15) is 36.3 Å². The second kappa shape index (κ2) is 10.9. The molecule has 0 unspecified atom stereocenters. The van der Waals surface area contributed by atoms with Gasteiger partial charge in [-0.25, -0.2) is 9.97 Å². The van der Waals surface area contributed by atoms with E-state index in [0.717, 1.165) is 22.5 Å². The quantitative estimate of drug-likeness (QED) is 0.297. The van der Waals surface area contributed by atoms with Gasteiger partial charge in [-0.05, 0) is 35.4 Å². The van der Waals surface area contributed by atoms with Gasteiger partial charge in [0.15, 0.2) is 5.65 Å². The minimum atomic E-state index is -3.24. The van der Waals surface area contributed by atoms with E-state index in [1.54, 1.807) is 18.3 Å². The van der Waals surface area contributed by atoms with Crippen molar-refractivity contribution in [3.8, 4) is 5.75 Å². The van der Waals surface area contributed by atoms with Crippen molar-refractivity contribution in [2.45, 2.75) is 38.5 Å². The van der Waals surface area contributed by atoms with Gasteiger partial charge in [0.2, 0.25) is 5.91 Å². The summed E-state index contributed by atoms with van der Waals surface area (Å²) in [6, 6.07) is 19.7. The maximum Gasteiger partial charge on any atom is 0.394 e. The first-order valence-corrected chi connectivity index (χ1v) is 11.9. The first-order valence-electron chi connectivity index (χ1n) is 11.2. The number of aryl methyl sites for hydroxylation is 1. The van der Waals surface area contributed by atoms with Crippen LogP contribution in [0.25, 0.3) is 11.2 Å². The summed E-state index contributed by atoms with van der Waals surface area (Å²) >= 11 is 4.39. The van der Waals surface area contributed by atoms with Gasteiger partial charge in [-0.3, -0.25) is 4.79 Å². The molecule has 1 amide bonds. The number of alkyl halides is 2. The molecule has 6 nitrogen and oxygen atoms in total. The largest absolute Gasteiger partial charge is 0.433 e. The molecule has 0 aliphatic heterocycles. The summed E-state index contributed by atoms with van der Waals surface area (Å²) in [4.78, 5) is 21.9. The average Bonchev–Trinajstić information content (AvgIpc) is 3.19. The zero-order valence-electron chi connectivity index (χ0n) is 19.2. The van der Waals surface area contributed by atoms with E-state index >= 15 is 0 Å². The molecular weight excluding hydrogens is 470 g/mol. The van der Waals surface area contributed by atoms with Crippen molar-refractivity contribution in [3.63, 3.8) is 0 Å². The fourth-order valence-electron chi connectivity index (χ4n) is 3.83. The van der Waals surface area contributed by atoms with Gasteiger partial charge in [0.1, 0.15) is 17.1 Å². The molecule has 4 aromatic rings. The average molecular weight is 497 g/mol. The van der Waals surface area contributed by atoms with Crippen molar-refractivity contribution in [2.75, 3.05) is 5.75 Å². The van der Waals surface area contributed by atoms with Crippen LogP contribution >= 0.6 is 12.6 Å². The van der Waals surface area contributed by atoms with Crippen LogP contribution in [-0.2, 0) is 17.8 Å². The van der Waals surface area contributed by atoms with Crippen LogP contribution in [0.4, 0.5) is 8.78 Å². The Labute approximate surface area is 207 Å². The molecule has 0 radical (unpaired) electrons. The highest BCUT2D eigenvalue weighted by Gasteiger charge is 2.23. The molecule has 0 aliphatic carbocycles. The van der Waals surface area contributed by atoms with Crippen LogP contribution in [0.3, 0.4) is 0 Å². The molecule has 9 heteroatoms. The van der Waals surface area contributed by atoms with Crippen molar-refractivity contribution >= 4 is 29.7 Å². The van der Waals surface area contributed by atoms with E-state index < -0.39 is 6.11 Å². The number of ether oxygens (including phenoxy) is 1. The third kappa shape index (κ3) is 6.57. The number of hydrogen-bond donors (Lipinski definition) is 2. The summed E-state index contributed by atoms with van der Waals surface area (Å²) in [6.45, 7) is 1.13. The van der Waals surface area contributed by atoms with Crippen molar-refractivity contribution in [1.29, 1.82) is 0 Å². The summed E-state index contributed by atoms with van der Waals surface area (Å²) in [5, 5.41) is 3.04. The van der Waals surface area contributed by atoms with Crippen molar-refractivity contribution in [3.05, 3.63) is 89.9 Å². The number of amides is 1. The molecule has 182 valence electrons. The summed E-state index contributed by atoms with van der Waals surface area (Å²) < 4.78 is 32.8. The number of aromatic nitrogens is 3. The fourth-order valence-corrected chi connectivity index (χ4v) is 4.13. The number of carbonyl (C=O) groups excluding carboxylic acids is 1. The minimum Gasteiger partial charge on any atom is -0.433 e. The molecule has 0 spiro atoms. The predicted octanol–water partition coefficient (Wildman–Crippen LogP) is 5.19. The molecule has 0 saturated carbocycles. The fraction of sp³-hybridized carbons (Fsp3) is 0.269. The van der Waals surface area contributed by atoms with Gasteiger partial charge in [-0.1, -0.05) is 42.5 Å². The highest BCUT2D eigenvalue weighted by molar-refractivity contribution is 7.80. The first kappa shape index (κ1) is 24.7. The standard InChI is InChI=1S/C26H26F2N4O2S/c1-26(27,28)34-20-11-9-18(10-12-20)16-32-23(30-21-8-5-15-29-25(21)32)13-14-24(33)31-22(17-35)19-6-3-2-4-7-19/h2-12,15,22,35H,13-14,16-17H2,1H3,(H,31,33)/t22-/m0/s1. The van der Waals surface area contributed by atoms with Crippen LogP contribution in [-0.4, -0.2) is 32.3 Å². The molecule has 0 fully saturated rings. The molecule has 4 rings (SSSR count). The second-order valence-corrected chi connectivity index (χ2v) is 8.59. The Hall–Kier alpha value is -3.46. The van der Waals surface area contributed by atoms with E-state index in [9.17, 15) is 13.6 Å². The number of fused-ring (bicyclic) bond motifs is 1. The van der Waals surface area contributed by atoms with Crippen LogP contribution in [0, 0.1) is 0 Å². The zero-order chi connectivity index (χ0) is 24.8. The molecular formula is C26H26F2N4O2S. The number of thiol groups is 1. The smallest absolute Gasteiger partial charge is 0.394 e. The van der Waals surface area contributed by atoms with E-state index in [-0.39, 0.29) is 24.1 Å². The Kier molecular flexibility index (Phi) is 7.65. The van der Waals surface area contributed by atoms with Crippen molar-refractivity contribution in [2.24, 2.45) is 0 Å². The molecule has 1 atom stereocenters. The highest BCUT2D eigenvalue weighted by atomic mass is 32.1. The molecule has 0 saturated heterocycles. The second-order valence-electron chi connectivity index (χ2n) is 8.23. The lowest BCUT2D eigenvalue weighted by molar-refractivity contribution is -0.158. The van der Waals surface area contributed by atoms with Gasteiger partial charge >= 0.3 is 6.11 Å². The lowest BCUT2D eigenvalue weighted by Gasteiger charge is -2.17. The van der Waals surface area contributed by atoms with Gasteiger partial charge in [0.25, 0.3) is 0 Å². The predicted molar refractivity (Wildman–Crippen MR) is 134 cm³/mol. The number of rotatable bonds is 10. The Bertz CT molecular complexity index is 1270. The maximum absolute atomic E-state index is 13.1. The van der Waals surface area contributed by atoms with E-state index in [1.807, 2.05) is 47.0 Å². The van der Waals surface area contributed by atoms with Gasteiger partial charge in [-0.15, -0.1) is 0 Å². The molecule has 2 aromatic heterocycles. The van der Waals surface area contributed by atoms with E-state index in [2.05, 4.69) is 32.7 Å². The number of nitrogens with one attached hydrogen (secondary N) is 1. The number of halogens is 2. The van der Waals surface area contributed by atoms with Gasteiger partial charge in [0, 0.05) is 31.7 Å². The van der Waals surface area contributed by atoms with Crippen LogP contribution in [0.2, 0.25) is 0 Å². The van der Waals surface area contributed by atoms with Crippen LogP contribution in [0.15, 0.2) is 72.9 Å². The van der Waals surface area contributed by atoms with Crippen LogP contribution < -0.4 is 10.1 Å². The Morgan fingerprint density at radius 2 is 1.86 bits per heavy atom. The lowest BCUT2D eigenvalue weighted by Crippen LogP contribution is -2.30. The number of carbonyl (C=O) groups is 1. The van der Waals surface area contributed by atoms with Gasteiger partial charge < -0.3 is 14.6 Å². The number of imidazole rings is 1. The first-order chi connectivity index (χ1) is 16.8. The number of nitrogens with zero attached hydrogens (tertiary/aromatic N) is 3. The molecule has 2 heterocycles. The van der Waals surface area contributed by atoms with E-state index in [1.165, 1.54) is 12.1 Å². The van der Waals surface area contributed by atoms with E-state index in [0.29, 0.717) is 31.3 Å². The van der Waals surface area contributed by atoms with E-state index in [4.69, 9.17) is 0 Å². The molecule has 2 aromatic carbocycles. The molecule has 0 aliphatic rings. The Balaban J connectivity index is 1.48. The van der Waals surface area contributed by atoms with Crippen LogP contribution in [0.5, 0.6) is 5.75 Å². The van der Waals surface area contributed by atoms with Gasteiger partial charge in [0.05, 0.1) is 12.6 Å². The Morgan fingerprint density at radius 1 is 1.11 bits per heavy atom. The van der Waals surface area contributed by atoms with Crippen molar-refractivity contribution < 1.29 is 18.3 Å². The summed E-state index contributed by atoms with van der Waals surface area (Å²) in [5.74, 6) is 1.20. The zero-order valence-corrected chi connectivity index (χ0v) is 20.1. The SMILES string of the molecule is CC(F)(F)Oc1ccc(Cn2c(CCC(=O)N[C@@H](CS)c3ccccc3)nc3cccnc32)cc1. The summed E-state index contributed by atoms with van der Waals surface area (Å²) in [7, 11) is 0. The minimum absolute atomic E-state index is 0.0870. The monoisotopic (exact) mass is 496 g/mol. The molecule has 1 N–H and O–H groups in total. The maximum atomic E-state index is 13.1. The lowest BCUT2D eigenvalue weighted by atomic mass is 10.1. The number of hydrogen-bond acceptors (Lipinski definition) is 5. The number of pyridine rings is 1. The third-order valence-corrected chi connectivity index (χ3v) is 5.80.